The van der Waals surface area contributed by atoms with E-state index in [1.54, 1.807) is 38.5 Å². The third-order valence-electron chi connectivity index (χ3n) is 5.43. The Balaban J connectivity index is 2.13. The number of aryl methyl sites for hydroxylation is 1. The Kier molecular flexibility index (Phi) is 9.98. The number of pyridine rings is 1. The number of rotatable bonds is 13. The minimum absolute atomic E-state index is 0.0721. The maximum atomic E-state index is 11.9. The predicted molar refractivity (Wildman–Crippen MR) is 130 cm³/mol. The van der Waals surface area contributed by atoms with E-state index in [1.807, 2.05) is 47.0 Å². The largest absolute Gasteiger partial charge is 0.497 e. The molecule has 2 aromatic rings. The number of aromatic nitrogens is 1. The molecular formula is C22H32N3O7S2+. The Bertz CT molecular complexity index is 1170. The fourth-order valence-corrected chi connectivity index (χ4v) is 6.50. The van der Waals surface area contributed by atoms with E-state index in [0.29, 0.717) is 13.0 Å². The maximum Gasteiger partial charge on any atom is 0.269 e. The molecule has 34 heavy (non-hydrogen) atoms. The van der Waals surface area contributed by atoms with Gasteiger partial charge in [-0.2, -0.15) is 26.5 Å². The van der Waals surface area contributed by atoms with E-state index < -0.39 is 30.7 Å². The zero-order valence-corrected chi connectivity index (χ0v) is 21.1. The van der Waals surface area contributed by atoms with Crippen LogP contribution in [0.15, 0.2) is 53.8 Å². The van der Waals surface area contributed by atoms with Gasteiger partial charge >= 0.3 is 0 Å². The van der Waals surface area contributed by atoms with E-state index in [9.17, 15) is 25.9 Å². The SMILES string of the molecule is CCCC(C(CCC[n+]1ccccc1C=NN(C)c1ccc(OC)cc1)S(=O)(=O)O)S(=O)(=O)O. The van der Waals surface area contributed by atoms with Crippen molar-refractivity contribution in [3.8, 4) is 5.75 Å². The molecule has 2 N–H and O–H groups in total. The van der Waals surface area contributed by atoms with E-state index in [4.69, 9.17) is 4.74 Å². The molecule has 12 heteroatoms. The molecule has 1 aromatic carbocycles. The van der Waals surface area contributed by atoms with Crippen LogP contribution in [0.3, 0.4) is 0 Å². The van der Waals surface area contributed by atoms with Gasteiger partial charge in [0.25, 0.3) is 20.2 Å². The van der Waals surface area contributed by atoms with Crippen LogP contribution in [-0.4, -0.2) is 56.8 Å². The average molecular weight is 515 g/mol. The molecule has 0 aliphatic rings. The van der Waals surface area contributed by atoms with Crippen LogP contribution >= 0.6 is 0 Å². The lowest BCUT2D eigenvalue weighted by Crippen LogP contribution is -2.42. The maximum absolute atomic E-state index is 11.9. The van der Waals surface area contributed by atoms with Crippen molar-refractivity contribution >= 4 is 32.1 Å². The van der Waals surface area contributed by atoms with Gasteiger partial charge < -0.3 is 4.74 Å². The molecule has 0 radical (unpaired) electrons. The smallest absolute Gasteiger partial charge is 0.269 e. The van der Waals surface area contributed by atoms with Crippen molar-refractivity contribution in [3.63, 3.8) is 0 Å². The Morgan fingerprint density at radius 2 is 1.65 bits per heavy atom. The number of nitrogens with zero attached hydrogens (tertiary/aromatic N) is 3. The molecule has 2 unspecified atom stereocenters. The first-order chi connectivity index (χ1) is 16.0. The fourth-order valence-electron chi connectivity index (χ4n) is 3.62. The van der Waals surface area contributed by atoms with E-state index in [0.717, 1.165) is 17.1 Å². The van der Waals surface area contributed by atoms with Crippen LogP contribution in [-0.2, 0) is 26.8 Å². The fraction of sp³-hybridized carbons (Fsp3) is 0.455. The zero-order valence-electron chi connectivity index (χ0n) is 19.5. The Labute approximate surface area is 201 Å². The number of ether oxygens (including phenoxy) is 1. The monoisotopic (exact) mass is 514 g/mol. The highest BCUT2D eigenvalue weighted by Gasteiger charge is 2.39. The van der Waals surface area contributed by atoms with Crippen LogP contribution in [0.25, 0.3) is 0 Å². The van der Waals surface area contributed by atoms with Crippen molar-refractivity contribution in [2.45, 2.75) is 49.7 Å². The third-order valence-corrected chi connectivity index (χ3v) is 8.26. The molecule has 0 spiro atoms. The van der Waals surface area contributed by atoms with Crippen molar-refractivity contribution in [3.05, 3.63) is 54.4 Å². The van der Waals surface area contributed by atoms with Gasteiger partial charge in [-0.25, -0.2) is 0 Å². The highest BCUT2D eigenvalue weighted by molar-refractivity contribution is 7.90. The lowest BCUT2D eigenvalue weighted by molar-refractivity contribution is -0.698. The van der Waals surface area contributed by atoms with Crippen molar-refractivity contribution in [1.29, 1.82) is 0 Å². The van der Waals surface area contributed by atoms with Crippen LogP contribution in [0.2, 0.25) is 0 Å². The van der Waals surface area contributed by atoms with E-state index >= 15 is 0 Å². The first kappa shape index (κ1) is 27.7. The Hall–Kier alpha value is -2.54. The molecule has 188 valence electrons. The molecule has 0 saturated carbocycles. The van der Waals surface area contributed by atoms with Crippen LogP contribution in [0.5, 0.6) is 5.75 Å². The Morgan fingerprint density at radius 1 is 1.03 bits per heavy atom. The van der Waals surface area contributed by atoms with Gasteiger partial charge in [0.2, 0.25) is 5.69 Å². The summed E-state index contributed by atoms with van der Waals surface area (Å²) >= 11 is 0. The molecule has 1 heterocycles. The summed E-state index contributed by atoms with van der Waals surface area (Å²) in [5.74, 6) is 0.736. The molecule has 2 atom stereocenters. The minimum Gasteiger partial charge on any atom is -0.497 e. The molecule has 10 nitrogen and oxygen atoms in total. The quantitative estimate of drug-likeness (QED) is 0.180. The van der Waals surface area contributed by atoms with E-state index in [-0.39, 0.29) is 19.3 Å². The zero-order chi connectivity index (χ0) is 25.4. The molecule has 0 saturated heterocycles. The standard InChI is InChI=1S/C22H31N3O7S2/c1-4-8-21(33(26,27)28)22(34(29,30)31)10-7-16-25-15-6-5-9-19(25)17-23-24(2)18-11-13-20(32-3)14-12-18/h5-6,9,11-15,17,21-22H,4,7-8,10,16H2,1-3H3,(H-,26,27,28,29,30,31)/p+1. The molecular weight excluding hydrogens is 482 g/mol. The topological polar surface area (TPSA) is 137 Å². The van der Waals surface area contributed by atoms with Gasteiger partial charge in [-0.15, -0.1) is 0 Å². The van der Waals surface area contributed by atoms with Gasteiger partial charge in [-0.3, -0.25) is 14.1 Å². The molecule has 1 aromatic heterocycles. The summed E-state index contributed by atoms with van der Waals surface area (Å²) in [6.07, 6.45) is 3.84. The number of benzene rings is 1. The number of hydrogen-bond donors (Lipinski definition) is 2. The van der Waals surface area contributed by atoms with Crippen molar-refractivity contribution in [2.75, 3.05) is 19.2 Å². The van der Waals surface area contributed by atoms with Gasteiger partial charge in [-0.1, -0.05) is 13.3 Å². The average Bonchev–Trinajstić information content (AvgIpc) is 2.78. The number of hydrazone groups is 1. The molecule has 0 fully saturated rings. The van der Waals surface area contributed by atoms with Crippen LogP contribution in [0.4, 0.5) is 5.69 Å². The normalized spacial score (nSPS) is 14.1. The van der Waals surface area contributed by atoms with Gasteiger partial charge in [0.1, 0.15) is 29.0 Å². The highest BCUT2D eigenvalue weighted by atomic mass is 32.2. The van der Waals surface area contributed by atoms with Crippen molar-refractivity contribution < 1.29 is 35.2 Å². The minimum atomic E-state index is -4.68. The summed E-state index contributed by atoms with van der Waals surface area (Å²) in [5, 5.41) is 2.95. The molecule has 0 bridgehead atoms. The first-order valence-electron chi connectivity index (χ1n) is 10.8. The predicted octanol–water partition coefficient (Wildman–Crippen LogP) is 2.55. The van der Waals surface area contributed by atoms with Gasteiger partial charge in [0.05, 0.1) is 12.8 Å². The van der Waals surface area contributed by atoms with E-state index in [1.165, 1.54) is 0 Å². The summed E-state index contributed by atoms with van der Waals surface area (Å²) < 4.78 is 73.4. The summed E-state index contributed by atoms with van der Waals surface area (Å²) in [6.45, 7) is 2.03. The van der Waals surface area contributed by atoms with Gasteiger partial charge in [0, 0.05) is 25.6 Å². The summed E-state index contributed by atoms with van der Waals surface area (Å²) in [6, 6.07) is 12.9. The lowest BCUT2D eigenvalue weighted by atomic mass is 10.1. The van der Waals surface area contributed by atoms with Crippen molar-refractivity contribution in [1.82, 2.24) is 0 Å². The second kappa shape index (κ2) is 12.2. The summed E-state index contributed by atoms with van der Waals surface area (Å²) in [5.41, 5.74) is 1.59. The van der Waals surface area contributed by atoms with Crippen molar-refractivity contribution in [2.24, 2.45) is 5.10 Å². The van der Waals surface area contributed by atoms with E-state index in [2.05, 4.69) is 5.10 Å². The van der Waals surface area contributed by atoms with Crippen LogP contribution in [0.1, 0.15) is 38.3 Å². The lowest BCUT2D eigenvalue weighted by Gasteiger charge is -2.21. The molecule has 0 amide bonds. The van der Waals surface area contributed by atoms with Crippen LogP contribution < -0.4 is 14.3 Å². The van der Waals surface area contributed by atoms with Crippen LogP contribution in [0, 0.1) is 0 Å². The number of hydrogen-bond acceptors (Lipinski definition) is 7. The van der Waals surface area contributed by atoms with Gasteiger partial charge in [0.15, 0.2) is 6.20 Å². The second-order valence-electron chi connectivity index (χ2n) is 7.82. The van der Waals surface area contributed by atoms with Gasteiger partial charge in [-0.05, 0) is 43.2 Å². The summed E-state index contributed by atoms with van der Waals surface area (Å²) in [4.78, 5) is 0. The number of methoxy groups -OCH3 is 1. The summed E-state index contributed by atoms with van der Waals surface area (Å²) in [7, 11) is -5.93. The highest BCUT2D eigenvalue weighted by Crippen LogP contribution is 2.22. The first-order valence-corrected chi connectivity index (χ1v) is 13.8. The molecule has 0 aliphatic heterocycles. The molecule has 2 rings (SSSR count). The third kappa shape index (κ3) is 8.05. The Morgan fingerprint density at radius 3 is 2.21 bits per heavy atom. The number of anilines is 1. The second-order valence-corrected chi connectivity index (χ2v) is 11.1. The molecule has 0 aliphatic carbocycles.